The number of hydrogen-bond acceptors (Lipinski definition) is 4. The fourth-order valence-corrected chi connectivity index (χ4v) is 3.63. The van der Waals surface area contributed by atoms with Crippen molar-refractivity contribution in [2.24, 2.45) is 10.9 Å². The number of nitrogens with one attached hydrogen (secondary N) is 2. The average Bonchev–Trinajstić information content (AvgIpc) is 2.67. The number of aryl methyl sites for hydroxylation is 1. The first kappa shape index (κ1) is 22.5. The lowest BCUT2D eigenvalue weighted by Gasteiger charge is -2.40. The second-order valence-corrected chi connectivity index (χ2v) is 8.04. The van der Waals surface area contributed by atoms with Crippen LogP contribution in [-0.4, -0.2) is 75.2 Å². The van der Waals surface area contributed by atoms with Crippen LogP contribution >= 0.6 is 0 Å². The minimum absolute atomic E-state index is 0.506. The molecule has 1 unspecified atom stereocenters. The van der Waals surface area contributed by atoms with Crippen molar-refractivity contribution in [2.45, 2.75) is 40.3 Å². The van der Waals surface area contributed by atoms with E-state index in [0.717, 1.165) is 56.5 Å². The summed E-state index contributed by atoms with van der Waals surface area (Å²) in [6.07, 6.45) is 0. The van der Waals surface area contributed by atoms with Crippen LogP contribution in [0, 0.1) is 12.8 Å². The molecule has 1 fully saturated rings. The highest BCUT2D eigenvalue weighted by atomic mass is 16.5. The van der Waals surface area contributed by atoms with Crippen LogP contribution < -0.4 is 15.4 Å². The summed E-state index contributed by atoms with van der Waals surface area (Å²) in [5.41, 5.74) is 2.30. The number of piperazine rings is 1. The number of likely N-dealkylation sites (N-methyl/N-ethyl adjacent to an activating group) is 1. The van der Waals surface area contributed by atoms with E-state index in [4.69, 9.17) is 9.73 Å². The highest BCUT2D eigenvalue weighted by Gasteiger charge is 2.25. The van der Waals surface area contributed by atoms with E-state index in [1.54, 1.807) is 7.11 Å². The largest absolute Gasteiger partial charge is 0.496 e. The topological polar surface area (TPSA) is 52.1 Å². The lowest BCUT2D eigenvalue weighted by molar-refractivity contribution is 0.0900. The number of aliphatic imine (C=N–C) groups is 1. The molecule has 1 saturated heterocycles. The Hall–Kier alpha value is -1.79. The number of hydrogen-bond donors (Lipinski definition) is 2. The molecule has 1 heterocycles. The maximum Gasteiger partial charge on any atom is 0.191 e. The first-order valence-electron chi connectivity index (χ1n) is 10.5. The predicted molar refractivity (Wildman–Crippen MR) is 118 cm³/mol. The first-order chi connectivity index (χ1) is 13.4. The molecule has 6 heteroatoms. The number of ether oxygens (including phenoxy) is 1. The highest BCUT2D eigenvalue weighted by Crippen LogP contribution is 2.20. The number of nitrogens with zero attached hydrogens (tertiary/aromatic N) is 3. The molecule has 0 bridgehead atoms. The van der Waals surface area contributed by atoms with Gasteiger partial charge in [-0.2, -0.15) is 0 Å². The summed E-state index contributed by atoms with van der Waals surface area (Å²) in [7, 11) is 3.92. The van der Waals surface area contributed by atoms with E-state index in [0.29, 0.717) is 18.5 Å². The maximum absolute atomic E-state index is 5.52. The minimum Gasteiger partial charge on any atom is -0.496 e. The van der Waals surface area contributed by atoms with Crippen molar-refractivity contribution in [2.75, 3.05) is 53.4 Å². The normalized spacial score (nSPS) is 17.6. The van der Waals surface area contributed by atoms with E-state index in [9.17, 15) is 0 Å². The van der Waals surface area contributed by atoms with Crippen molar-refractivity contribution in [3.05, 3.63) is 29.3 Å². The van der Waals surface area contributed by atoms with Gasteiger partial charge in [0, 0.05) is 50.9 Å². The van der Waals surface area contributed by atoms with E-state index in [1.165, 1.54) is 5.56 Å². The van der Waals surface area contributed by atoms with Crippen LogP contribution in [0.2, 0.25) is 0 Å². The van der Waals surface area contributed by atoms with E-state index < -0.39 is 0 Å². The van der Waals surface area contributed by atoms with E-state index in [-0.39, 0.29) is 0 Å². The average molecular weight is 390 g/mol. The molecule has 1 aromatic rings. The monoisotopic (exact) mass is 389 g/mol. The Kier molecular flexibility index (Phi) is 9.06. The Bertz CT molecular complexity index is 623. The molecule has 0 saturated carbocycles. The molecule has 1 aliphatic heterocycles. The van der Waals surface area contributed by atoms with Crippen LogP contribution in [0.3, 0.4) is 0 Å². The zero-order valence-electron chi connectivity index (χ0n) is 18.6. The molecule has 0 amide bonds. The Balaban J connectivity index is 2.01. The number of benzene rings is 1. The second-order valence-electron chi connectivity index (χ2n) is 8.04. The maximum atomic E-state index is 5.52. The fraction of sp³-hybridized carbons (Fsp3) is 0.682. The molecule has 2 rings (SSSR count). The van der Waals surface area contributed by atoms with Crippen LogP contribution in [0.1, 0.15) is 31.9 Å². The predicted octanol–water partition coefficient (Wildman–Crippen LogP) is 2.33. The zero-order valence-corrected chi connectivity index (χ0v) is 18.6. The molecule has 0 radical (unpaired) electrons. The molecule has 2 N–H and O–H groups in total. The number of guanidine groups is 1. The van der Waals surface area contributed by atoms with Crippen LogP contribution in [0.5, 0.6) is 5.75 Å². The Morgan fingerprint density at radius 3 is 2.50 bits per heavy atom. The summed E-state index contributed by atoms with van der Waals surface area (Å²) >= 11 is 0. The fourth-order valence-electron chi connectivity index (χ4n) is 3.63. The third-order valence-corrected chi connectivity index (χ3v) is 5.45. The quantitative estimate of drug-likeness (QED) is 0.528. The number of rotatable bonds is 8. The lowest BCUT2D eigenvalue weighted by Crippen LogP contribution is -2.55. The van der Waals surface area contributed by atoms with E-state index in [2.05, 4.69) is 73.4 Å². The molecule has 6 nitrogen and oxygen atoms in total. The Labute approximate surface area is 171 Å². The van der Waals surface area contributed by atoms with Gasteiger partial charge in [0.1, 0.15) is 5.75 Å². The van der Waals surface area contributed by atoms with E-state index >= 15 is 0 Å². The van der Waals surface area contributed by atoms with Gasteiger partial charge >= 0.3 is 0 Å². The molecule has 1 aliphatic rings. The van der Waals surface area contributed by atoms with Gasteiger partial charge in [-0.3, -0.25) is 4.90 Å². The second kappa shape index (κ2) is 11.3. The van der Waals surface area contributed by atoms with Crippen LogP contribution in [-0.2, 0) is 6.54 Å². The van der Waals surface area contributed by atoms with Gasteiger partial charge in [0.05, 0.1) is 13.7 Å². The molecule has 0 aromatic heterocycles. The van der Waals surface area contributed by atoms with Crippen molar-refractivity contribution in [3.63, 3.8) is 0 Å². The Morgan fingerprint density at radius 1 is 1.18 bits per heavy atom. The zero-order chi connectivity index (χ0) is 20.5. The highest BCUT2D eigenvalue weighted by molar-refractivity contribution is 5.79. The molecule has 1 aromatic carbocycles. The summed E-state index contributed by atoms with van der Waals surface area (Å²) in [5, 5.41) is 6.95. The summed E-state index contributed by atoms with van der Waals surface area (Å²) in [6.45, 7) is 15.7. The summed E-state index contributed by atoms with van der Waals surface area (Å²) in [4.78, 5) is 9.82. The third-order valence-electron chi connectivity index (χ3n) is 5.45. The molecular formula is C22H39N5O. The van der Waals surface area contributed by atoms with Gasteiger partial charge < -0.3 is 20.3 Å². The Morgan fingerprint density at radius 2 is 1.89 bits per heavy atom. The first-order valence-corrected chi connectivity index (χ1v) is 10.5. The summed E-state index contributed by atoms with van der Waals surface area (Å²) < 4.78 is 5.52. The summed E-state index contributed by atoms with van der Waals surface area (Å²) in [5.74, 6) is 2.36. The van der Waals surface area contributed by atoms with Gasteiger partial charge in [0.2, 0.25) is 0 Å². The molecule has 0 spiro atoms. The van der Waals surface area contributed by atoms with Gasteiger partial charge in [-0.05, 0) is 38.4 Å². The molecule has 158 valence electrons. The lowest BCUT2D eigenvalue weighted by atomic mass is 10.0. The van der Waals surface area contributed by atoms with Crippen molar-refractivity contribution in [1.29, 1.82) is 0 Å². The molecular weight excluding hydrogens is 350 g/mol. The molecule has 0 aliphatic carbocycles. The van der Waals surface area contributed by atoms with Gasteiger partial charge in [-0.1, -0.05) is 26.0 Å². The van der Waals surface area contributed by atoms with Crippen molar-refractivity contribution >= 4 is 5.96 Å². The van der Waals surface area contributed by atoms with Crippen molar-refractivity contribution < 1.29 is 4.74 Å². The molecule has 28 heavy (non-hydrogen) atoms. The van der Waals surface area contributed by atoms with Gasteiger partial charge in [0.25, 0.3) is 0 Å². The van der Waals surface area contributed by atoms with Crippen molar-refractivity contribution in [1.82, 2.24) is 20.4 Å². The smallest absolute Gasteiger partial charge is 0.191 e. The third kappa shape index (κ3) is 6.67. The van der Waals surface area contributed by atoms with Crippen LogP contribution in [0.15, 0.2) is 23.2 Å². The summed E-state index contributed by atoms with van der Waals surface area (Å²) in [6, 6.07) is 6.78. The standard InChI is InChI=1S/C22H39N5O/c1-7-23-22(24-15-19-9-8-18(4)14-21(19)28-6)25-16-20(17(2)3)27-12-10-26(5)11-13-27/h8-9,14,17,20H,7,10-13,15-16H2,1-6H3,(H2,23,24,25). The molecule has 1 atom stereocenters. The van der Waals surface area contributed by atoms with Gasteiger partial charge in [0.15, 0.2) is 5.96 Å². The van der Waals surface area contributed by atoms with Crippen LogP contribution in [0.25, 0.3) is 0 Å². The SMILES string of the molecule is CCNC(=NCc1ccc(C)cc1OC)NCC(C(C)C)N1CCN(C)CC1. The minimum atomic E-state index is 0.506. The van der Waals surface area contributed by atoms with Gasteiger partial charge in [-0.25, -0.2) is 4.99 Å². The van der Waals surface area contributed by atoms with Crippen LogP contribution in [0.4, 0.5) is 0 Å². The van der Waals surface area contributed by atoms with E-state index in [1.807, 2.05) is 0 Å². The van der Waals surface area contributed by atoms with Crippen molar-refractivity contribution in [3.8, 4) is 5.75 Å². The number of methoxy groups -OCH3 is 1. The van der Waals surface area contributed by atoms with Gasteiger partial charge in [-0.15, -0.1) is 0 Å².